The average Bonchev–Trinajstić information content (AvgIpc) is 3.37. The van der Waals surface area contributed by atoms with Gasteiger partial charge in [-0.3, -0.25) is 4.79 Å². The van der Waals surface area contributed by atoms with Crippen molar-refractivity contribution in [1.29, 1.82) is 0 Å². The fourth-order valence-electron chi connectivity index (χ4n) is 5.91. The van der Waals surface area contributed by atoms with Crippen LogP contribution in [0.25, 0.3) is 11.1 Å². The lowest BCUT2D eigenvalue weighted by atomic mass is 9.98. The van der Waals surface area contributed by atoms with Crippen molar-refractivity contribution in [2.24, 2.45) is 0 Å². The van der Waals surface area contributed by atoms with Crippen molar-refractivity contribution in [2.45, 2.75) is 70.3 Å². The highest BCUT2D eigenvalue weighted by Gasteiger charge is 2.27. The van der Waals surface area contributed by atoms with Crippen LogP contribution >= 0.6 is 0 Å². The zero-order valence-electron chi connectivity index (χ0n) is 27.2. The minimum atomic E-state index is -0.594. The summed E-state index contributed by atoms with van der Waals surface area (Å²) in [6.07, 6.45) is 7.14. The first-order chi connectivity index (χ1) is 23.2. The first-order valence-corrected chi connectivity index (χ1v) is 16.3. The molecule has 1 atom stereocenters. The van der Waals surface area contributed by atoms with Crippen LogP contribution in [0, 0.1) is 0 Å². The van der Waals surface area contributed by atoms with E-state index in [1.807, 2.05) is 31.2 Å². The molecule has 0 radical (unpaired) electrons. The summed E-state index contributed by atoms with van der Waals surface area (Å²) in [6.45, 7) is 9.74. The Labute approximate surface area is 280 Å². The van der Waals surface area contributed by atoms with Crippen molar-refractivity contribution in [3.8, 4) is 28.4 Å². The van der Waals surface area contributed by atoms with Crippen LogP contribution < -0.4 is 14.2 Å². The summed E-state index contributed by atoms with van der Waals surface area (Å²) >= 11 is 0. The molecule has 1 fully saturated rings. The molecule has 0 heterocycles. The molecule has 3 aromatic rings. The number of rotatable bonds is 14. The van der Waals surface area contributed by atoms with Crippen molar-refractivity contribution in [3.63, 3.8) is 0 Å². The van der Waals surface area contributed by atoms with E-state index < -0.39 is 23.9 Å². The summed E-state index contributed by atoms with van der Waals surface area (Å²) in [5.41, 5.74) is 4.57. The first-order valence-electron chi connectivity index (χ1n) is 16.3. The standard InChI is InChI=1S/C39H40O9/c1-4-36(40)47-31-17-19-33-32-18-12-27(23-34(32)26(3)35(33)24-31)39(43)48-30-15-13-28(14-16-30)44-20-8-9-21-45-38(42)25(2)22-37(41)46-29-10-6-5-7-11-29/h4,12-19,23-24,26,29H,1-2,5-11,20-22H2,3H3. The molecule has 0 aromatic heterocycles. The number of hydrogen-bond acceptors (Lipinski definition) is 9. The lowest BCUT2D eigenvalue weighted by Gasteiger charge is -2.21. The van der Waals surface area contributed by atoms with E-state index in [2.05, 4.69) is 13.2 Å². The van der Waals surface area contributed by atoms with Gasteiger partial charge in [-0.1, -0.05) is 38.6 Å². The Morgan fingerprint density at radius 1 is 0.792 bits per heavy atom. The maximum absolute atomic E-state index is 13.0. The van der Waals surface area contributed by atoms with Crippen molar-refractivity contribution in [2.75, 3.05) is 13.2 Å². The summed E-state index contributed by atoms with van der Waals surface area (Å²) in [6, 6.07) is 17.8. The molecule has 0 N–H and O–H groups in total. The van der Waals surface area contributed by atoms with E-state index in [9.17, 15) is 19.2 Å². The van der Waals surface area contributed by atoms with E-state index in [0.717, 1.165) is 60.4 Å². The maximum Gasteiger partial charge on any atom is 0.343 e. The third-order valence-electron chi connectivity index (χ3n) is 8.49. The van der Waals surface area contributed by atoms with E-state index in [0.29, 0.717) is 42.3 Å². The number of ether oxygens (including phenoxy) is 5. The topological polar surface area (TPSA) is 114 Å². The highest BCUT2D eigenvalue weighted by Crippen LogP contribution is 2.46. The van der Waals surface area contributed by atoms with Gasteiger partial charge in [0.1, 0.15) is 23.4 Å². The lowest BCUT2D eigenvalue weighted by Crippen LogP contribution is -2.22. The van der Waals surface area contributed by atoms with Gasteiger partial charge in [-0.05, 0) is 109 Å². The molecule has 250 valence electrons. The smallest absolute Gasteiger partial charge is 0.343 e. The predicted octanol–water partition coefficient (Wildman–Crippen LogP) is 7.65. The summed E-state index contributed by atoms with van der Waals surface area (Å²) < 4.78 is 27.3. The minimum Gasteiger partial charge on any atom is -0.494 e. The highest BCUT2D eigenvalue weighted by atomic mass is 16.6. The van der Waals surface area contributed by atoms with Crippen LogP contribution in [0.3, 0.4) is 0 Å². The normalized spacial score (nSPS) is 15.0. The molecule has 5 rings (SSSR count). The monoisotopic (exact) mass is 652 g/mol. The number of hydrogen-bond donors (Lipinski definition) is 0. The summed E-state index contributed by atoms with van der Waals surface area (Å²) in [7, 11) is 0. The van der Waals surface area contributed by atoms with Gasteiger partial charge in [0.25, 0.3) is 0 Å². The van der Waals surface area contributed by atoms with Crippen LogP contribution in [-0.2, 0) is 23.9 Å². The average molecular weight is 653 g/mol. The van der Waals surface area contributed by atoms with Gasteiger partial charge >= 0.3 is 23.9 Å². The molecular weight excluding hydrogens is 612 g/mol. The van der Waals surface area contributed by atoms with Gasteiger partial charge in [-0.25, -0.2) is 14.4 Å². The van der Waals surface area contributed by atoms with Gasteiger partial charge < -0.3 is 23.7 Å². The van der Waals surface area contributed by atoms with Gasteiger partial charge in [-0.15, -0.1) is 0 Å². The predicted molar refractivity (Wildman–Crippen MR) is 179 cm³/mol. The van der Waals surface area contributed by atoms with Gasteiger partial charge in [-0.2, -0.15) is 0 Å². The van der Waals surface area contributed by atoms with Gasteiger partial charge in [0.2, 0.25) is 0 Å². The second kappa shape index (κ2) is 16.1. The largest absolute Gasteiger partial charge is 0.494 e. The van der Waals surface area contributed by atoms with Crippen LogP contribution in [-0.4, -0.2) is 43.2 Å². The van der Waals surface area contributed by atoms with Crippen molar-refractivity contribution in [3.05, 3.63) is 102 Å². The Kier molecular flexibility index (Phi) is 11.4. The third-order valence-corrected chi connectivity index (χ3v) is 8.49. The van der Waals surface area contributed by atoms with Crippen LogP contribution in [0.5, 0.6) is 17.2 Å². The molecule has 1 unspecified atom stereocenters. The van der Waals surface area contributed by atoms with Crippen molar-refractivity contribution < 1.29 is 42.9 Å². The summed E-state index contributed by atoms with van der Waals surface area (Å²) in [5, 5.41) is 0. The number of fused-ring (bicyclic) bond motifs is 3. The molecule has 9 nitrogen and oxygen atoms in total. The van der Waals surface area contributed by atoms with E-state index in [1.54, 1.807) is 36.4 Å². The fourth-order valence-corrected chi connectivity index (χ4v) is 5.91. The Morgan fingerprint density at radius 2 is 1.44 bits per heavy atom. The number of unbranched alkanes of at least 4 members (excludes halogenated alkanes) is 1. The maximum atomic E-state index is 13.0. The summed E-state index contributed by atoms with van der Waals surface area (Å²) in [4.78, 5) is 48.9. The molecule has 0 bridgehead atoms. The molecule has 2 aliphatic rings. The van der Waals surface area contributed by atoms with E-state index in [-0.39, 0.29) is 30.6 Å². The summed E-state index contributed by atoms with van der Waals surface area (Å²) in [5.74, 6) is -0.599. The Morgan fingerprint density at radius 3 is 2.17 bits per heavy atom. The van der Waals surface area contributed by atoms with Crippen LogP contribution in [0.4, 0.5) is 0 Å². The van der Waals surface area contributed by atoms with Crippen molar-refractivity contribution in [1.82, 2.24) is 0 Å². The third kappa shape index (κ3) is 8.79. The minimum absolute atomic E-state index is 0.00506. The number of carbonyl (C=O) groups is 4. The Balaban J connectivity index is 1.02. The van der Waals surface area contributed by atoms with Gasteiger partial charge in [0.15, 0.2) is 0 Å². The molecule has 48 heavy (non-hydrogen) atoms. The highest BCUT2D eigenvalue weighted by molar-refractivity contribution is 5.94. The van der Waals surface area contributed by atoms with Crippen molar-refractivity contribution >= 4 is 23.9 Å². The molecule has 0 aliphatic heterocycles. The second-order valence-corrected chi connectivity index (χ2v) is 12.0. The molecule has 9 heteroatoms. The van der Waals surface area contributed by atoms with Gasteiger partial charge in [0, 0.05) is 17.6 Å². The van der Waals surface area contributed by atoms with Gasteiger partial charge in [0.05, 0.1) is 25.2 Å². The Hall–Kier alpha value is -5.18. The van der Waals surface area contributed by atoms with Crippen LogP contribution in [0.15, 0.2) is 85.5 Å². The molecule has 0 amide bonds. The van der Waals surface area contributed by atoms with Crippen LogP contribution in [0.1, 0.15) is 85.7 Å². The number of esters is 4. The zero-order chi connectivity index (χ0) is 34.0. The fraction of sp³-hybridized carbons (Fsp3) is 0.333. The Bertz CT molecular complexity index is 1680. The van der Waals surface area contributed by atoms with E-state index in [4.69, 9.17) is 23.7 Å². The second-order valence-electron chi connectivity index (χ2n) is 12.0. The molecule has 0 saturated heterocycles. The molecule has 2 aliphatic carbocycles. The quantitative estimate of drug-likeness (QED) is 0.0749. The number of carbonyl (C=O) groups excluding carboxylic acids is 4. The van der Waals surface area contributed by atoms with E-state index >= 15 is 0 Å². The molecule has 3 aromatic carbocycles. The van der Waals surface area contributed by atoms with E-state index in [1.165, 1.54) is 0 Å². The lowest BCUT2D eigenvalue weighted by molar-refractivity contribution is -0.151. The number of benzene rings is 3. The molecular formula is C39H40O9. The zero-order valence-corrected chi connectivity index (χ0v) is 27.2. The SMILES string of the molecule is C=CC(=O)Oc1ccc2c(c1)C(C)c1cc(C(=O)Oc3ccc(OCCCCOC(=O)C(=C)CC(=O)OC4CCCCC4)cc3)ccc1-2. The molecule has 0 spiro atoms. The van der Waals surface area contributed by atoms with Crippen LogP contribution in [0.2, 0.25) is 0 Å². The molecule has 1 saturated carbocycles. The first kappa shape index (κ1) is 34.2.